The molecule has 20 heavy (non-hydrogen) atoms. The van der Waals surface area contributed by atoms with Crippen LogP contribution in [0.2, 0.25) is 0 Å². The number of rotatable bonds is 3. The van der Waals surface area contributed by atoms with Crippen LogP contribution in [0, 0.1) is 0 Å². The molecule has 0 saturated carbocycles. The number of anilines is 1. The highest BCUT2D eigenvalue weighted by molar-refractivity contribution is 5.44. The molecule has 0 spiro atoms. The lowest BCUT2D eigenvalue weighted by Gasteiger charge is -2.39. The number of piperazine rings is 1. The number of nitrogens with one attached hydrogen (secondary N) is 1. The summed E-state index contributed by atoms with van der Waals surface area (Å²) in [6.45, 7) is 9.52. The van der Waals surface area contributed by atoms with Crippen LogP contribution in [-0.2, 0) is 4.74 Å². The van der Waals surface area contributed by atoms with E-state index in [9.17, 15) is 0 Å². The first-order valence-electron chi connectivity index (χ1n) is 7.55. The average molecular weight is 276 g/mol. The molecule has 3 rings (SSSR count). The molecule has 1 N–H and O–H groups in total. The van der Waals surface area contributed by atoms with Crippen molar-refractivity contribution in [2.75, 3.05) is 50.7 Å². The summed E-state index contributed by atoms with van der Waals surface area (Å²) in [6.07, 6.45) is 4.41. The topological polar surface area (TPSA) is 40.6 Å². The third-order valence-corrected chi connectivity index (χ3v) is 4.09. The van der Waals surface area contributed by atoms with Gasteiger partial charge in [0.2, 0.25) is 0 Å². The van der Waals surface area contributed by atoms with Crippen LogP contribution < -0.4 is 10.2 Å². The van der Waals surface area contributed by atoms with E-state index in [1.54, 1.807) is 0 Å². The van der Waals surface area contributed by atoms with Gasteiger partial charge in [-0.1, -0.05) is 0 Å². The molecule has 0 amide bonds. The third kappa shape index (κ3) is 3.48. The van der Waals surface area contributed by atoms with E-state index in [4.69, 9.17) is 4.74 Å². The molecule has 2 atom stereocenters. The van der Waals surface area contributed by atoms with Crippen molar-refractivity contribution in [3.63, 3.8) is 0 Å². The normalized spacial score (nSPS) is 28.6. The van der Waals surface area contributed by atoms with Gasteiger partial charge in [0.05, 0.1) is 12.2 Å². The minimum absolute atomic E-state index is 0.339. The van der Waals surface area contributed by atoms with Gasteiger partial charge in [-0.2, -0.15) is 0 Å². The van der Waals surface area contributed by atoms with Crippen molar-refractivity contribution in [1.82, 2.24) is 15.2 Å². The number of morpholine rings is 1. The maximum Gasteiger partial charge on any atom is 0.0830 e. The summed E-state index contributed by atoms with van der Waals surface area (Å²) in [7, 11) is 0. The molecule has 2 aliphatic heterocycles. The highest BCUT2D eigenvalue weighted by Crippen LogP contribution is 2.15. The molecule has 0 aromatic carbocycles. The highest BCUT2D eigenvalue weighted by Gasteiger charge is 2.24. The Morgan fingerprint density at radius 1 is 1.20 bits per heavy atom. The van der Waals surface area contributed by atoms with Crippen molar-refractivity contribution in [2.45, 2.75) is 19.1 Å². The van der Waals surface area contributed by atoms with Crippen molar-refractivity contribution in [3.8, 4) is 0 Å². The fraction of sp³-hybridized carbons (Fsp3) is 0.667. The van der Waals surface area contributed by atoms with Crippen LogP contribution in [0.4, 0.5) is 5.69 Å². The standard InChI is InChI=1S/C15H24N4O/c1-13-10-17-11-15(20-13)12-18-6-8-19(9-7-18)14-2-4-16-5-3-14/h2-5,13,15,17H,6-12H2,1H3/t13-,15+/m1/s1. The number of pyridine rings is 1. The highest BCUT2D eigenvalue weighted by atomic mass is 16.5. The van der Waals surface area contributed by atoms with Crippen LogP contribution in [0.3, 0.4) is 0 Å². The molecule has 0 bridgehead atoms. The first-order valence-corrected chi connectivity index (χ1v) is 7.55. The summed E-state index contributed by atoms with van der Waals surface area (Å²) in [5.41, 5.74) is 1.28. The molecule has 5 nitrogen and oxygen atoms in total. The van der Waals surface area contributed by atoms with Gasteiger partial charge in [0.25, 0.3) is 0 Å². The van der Waals surface area contributed by atoms with E-state index in [2.05, 4.69) is 39.2 Å². The molecule has 0 radical (unpaired) electrons. The summed E-state index contributed by atoms with van der Waals surface area (Å²) < 4.78 is 5.97. The van der Waals surface area contributed by atoms with E-state index in [1.807, 2.05) is 12.4 Å². The van der Waals surface area contributed by atoms with Gasteiger partial charge in [0.15, 0.2) is 0 Å². The molecule has 0 aliphatic carbocycles. The number of nitrogens with zero attached hydrogens (tertiary/aromatic N) is 3. The molecular formula is C15H24N4O. The number of ether oxygens (including phenoxy) is 1. The summed E-state index contributed by atoms with van der Waals surface area (Å²) in [6, 6.07) is 4.18. The second-order valence-corrected chi connectivity index (χ2v) is 5.72. The monoisotopic (exact) mass is 276 g/mol. The SMILES string of the molecule is C[C@@H]1CNC[C@@H](CN2CCN(c3ccncc3)CC2)O1. The Labute approximate surface area is 120 Å². The predicted molar refractivity (Wildman–Crippen MR) is 80.1 cm³/mol. The molecule has 1 aromatic heterocycles. The van der Waals surface area contributed by atoms with Crippen molar-refractivity contribution in [1.29, 1.82) is 0 Å². The maximum absolute atomic E-state index is 5.97. The van der Waals surface area contributed by atoms with E-state index in [1.165, 1.54) is 5.69 Å². The fourth-order valence-electron chi connectivity index (χ4n) is 3.01. The van der Waals surface area contributed by atoms with Crippen LogP contribution in [-0.4, -0.2) is 67.9 Å². The van der Waals surface area contributed by atoms with Gasteiger partial charge in [-0.15, -0.1) is 0 Å². The molecule has 0 unspecified atom stereocenters. The summed E-state index contributed by atoms with van der Waals surface area (Å²) in [5.74, 6) is 0. The van der Waals surface area contributed by atoms with E-state index < -0.39 is 0 Å². The van der Waals surface area contributed by atoms with Crippen LogP contribution in [0.1, 0.15) is 6.92 Å². The predicted octanol–water partition coefficient (Wildman–Crippen LogP) is 0.581. The third-order valence-electron chi connectivity index (χ3n) is 4.09. The molecule has 2 saturated heterocycles. The molecule has 2 fully saturated rings. The average Bonchev–Trinajstić information content (AvgIpc) is 2.49. The van der Waals surface area contributed by atoms with E-state index in [0.29, 0.717) is 12.2 Å². The Kier molecular flexibility index (Phi) is 4.50. The van der Waals surface area contributed by atoms with Gasteiger partial charge in [-0.05, 0) is 19.1 Å². The Hall–Kier alpha value is -1.17. The Balaban J connectivity index is 1.46. The fourth-order valence-corrected chi connectivity index (χ4v) is 3.01. The van der Waals surface area contributed by atoms with Gasteiger partial charge < -0.3 is 15.0 Å². The minimum atomic E-state index is 0.339. The molecule has 1 aromatic rings. The van der Waals surface area contributed by atoms with Crippen molar-refractivity contribution < 1.29 is 4.74 Å². The van der Waals surface area contributed by atoms with Crippen LogP contribution in [0.15, 0.2) is 24.5 Å². The van der Waals surface area contributed by atoms with Gasteiger partial charge in [0.1, 0.15) is 0 Å². The quantitative estimate of drug-likeness (QED) is 0.874. The van der Waals surface area contributed by atoms with Crippen molar-refractivity contribution in [3.05, 3.63) is 24.5 Å². The van der Waals surface area contributed by atoms with Gasteiger partial charge in [-0.25, -0.2) is 0 Å². The van der Waals surface area contributed by atoms with Crippen LogP contribution in [0.5, 0.6) is 0 Å². The largest absolute Gasteiger partial charge is 0.371 e. The molecule has 5 heteroatoms. The number of hydrogen-bond acceptors (Lipinski definition) is 5. The summed E-state index contributed by atoms with van der Waals surface area (Å²) in [5, 5.41) is 3.44. The molecular weight excluding hydrogens is 252 g/mol. The Morgan fingerprint density at radius 3 is 2.65 bits per heavy atom. The molecule has 2 aliphatic rings. The first kappa shape index (κ1) is 13.8. The minimum Gasteiger partial charge on any atom is -0.371 e. The first-order chi connectivity index (χ1) is 9.81. The van der Waals surface area contributed by atoms with Crippen LogP contribution >= 0.6 is 0 Å². The summed E-state index contributed by atoms with van der Waals surface area (Å²) in [4.78, 5) is 9.03. The zero-order valence-electron chi connectivity index (χ0n) is 12.2. The van der Waals surface area contributed by atoms with Gasteiger partial charge >= 0.3 is 0 Å². The van der Waals surface area contributed by atoms with E-state index in [0.717, 1.165) is 45.8 Å². The molecule has 110 valence electrons. The lowest BCUT2D eigenvalue weighted by molar-refractivity contribution is -0.0428. The van der Waals surface area contributed by atoms with Gasteiger partial charge in [-0.3, -0.25) is 9.88 Å². The number of hydrogen-bond donors (Lipinski definition) is 1. The lowest BCUT2D eigenvalue weighted by atomic mass is 10.2. The summed E-state index contributed by atoms with van der Waals surface area (Å²) >= 11 is 0. The zero-order chi connectivity index (χ0) is 13.8. The van der Waals surface area contributed by atoms with Crippen LogP contribution in [0.25, 0.3) is 0 Å². The zero-order valence-corrected chi connectivity index (χ0v) is 12.2. The van der Waals surface area contributed by atoms with Crippen molar-refractivity contribution >= 4 is 5.69 Å². The number of aromatic nitrogens is 1. The lowest BCUT2D eigenvalue weighted by Crippen LogP contribution is -2.53. The molecule has 3 heterocycles. The van der Waals surface area contributed by atoms with Gasteiger partial charge in [0, 0.05) is 63.9 Å². The Morgan fingerprint density at radius 2 is 1.95 bits per heavy atom. The van der Waals surface area contributed by atoms with Crippen molar-refractivity contribution in [2.24, 2.45) is 0 Å². The van der Waals surface area contributed by atoms with E-state index >= 15 is 0 Å². The van der Waals surface area contributed by atoms with E-state index in [-0.39, 0.29) is 0 Å². The Bertz CT molecular complexity index is 406. The second-order valence-electron chi connectivity index (χ2n) is 5.72. The smallest absolute Gasteiger partial charge is 0.0830 e. The second kappa shape index (κ2) is 6.52. The maximum atomic E-state index is 5.97.